The zero-order chi connectivity index (χ0) is 41.6. The molecule has 0 bridgehead atoms. The molecule has 320 valence electrons. The van der Waals surface area contributed by atoms with Crippen molar-refractivity contribution in [1.82, 2.24) is 34.9 Å². The van der Waals surface area contributed by atoms with Crippen LogP contribution in [-0.2, 0) is 51.7 Å². The topological polar surface area (TPSA) is 234 Å². The van der Waals surface area contributed by atoms with E-state index in [1.807, 2.05) is 6.92 Å². The summed E-state index contributed by atoms with van der Waals surface area (Å²) < 4.78 is 64.3. The summed E-state index contributed by atoms with van der Waals surface area (Å²) >= 11 is 0. The van der Waals surface area contributed by atoms with E-state index in [1.165, 1.54) is 41.1 Å². The van der Waals surface area contributed by atoms with E-state index >= 15 is 0 Å². The number of nitrogens with two attached hydrogens (primary N) is 1. The number of hydrogen-bond acceptors (Lipinski definition) is 14. The zero-order valence-corrected chi connectivity index (χ0v) is 34.2. The Bertz CT molecular complexity index is 1650. The van der Waals surface area contributed by atoms with Gasteiger partial charge in [-0.05, 0) is 49.4 Å². The molecule has 1 aliphatic heterocycles. The lowest BCUT2D eigenvalue weighted by Crippen LogP contribution is -2.50. The number of halogens is 1. The van der Waals surface area contributed by atoms with E-state index in [1.54, 1.807) is 20.0 Å². The van der Waals surface area contributed by atoms with Gasteiger partial charge in [0.15, 0.2) is 0 Å². The molecule has 3 atom stereocenters. The Hall–Kier alpha value is -4.31. The molecule has 0 aliphatic carbocycles. The minimum Gasteiger partial charge on any atom is -0.497 e. The molecule has 0 radical (unpaired) electrons. The molecule has 4 N–H and O–H groups in total. The first-order chi connectivity index (χ1) is 27.4. The van der Waals surface area contributed by atoms with Crippen molar-refractivity contribution in [2.24, 2.45) is 22.0 Å². The van der Waals surface area contributed by atoms with Gasteiger partial charge < -0.3 is 35.3 Å². The van der Waals surface area contributed by atoms with Gasteiger partial charge in [0.25, 0.3) is 0 Å². The van der Waals surface area contributed by atoms with E-state index in [0.717, 1.165) is 17.1 Å². The monoisotopic (exact) mass is 826 g/mol. The highest BCUT2D eigenvalue weighted by Gasteiger charge is 2.37. The molecule has 19 nitrogen and oxygen atoms in total. The smallest absolute Gasteiger partial charge is 0.244 e. The fraction of sp³-hybridized carbons (Fsp3) is 0.694. The first-order valence-electron chi connectivity index (χ1n) is 19.3. The molecular formula is C36H59FN10O9S. The second-order valence-corrected chi connectivity index (χ2v) is 15.6. The number of nitrogens with zero attached hydrogens (tertiary/aromatic N) is 7. The van der Waals surface area contributed by atoms with Crippen molar-refractivity contribution >= 4 is 27.7 Å². The lowest BCUT2D eigenvalue weighted by atomic mass is 10.0. The van der Waals surface area contributed by atoms with E-state index in [9.17, 15) is 27.2 Å². The highest BCUT2D eigenvalue weighted by molar-refractivity contribution is 7.89. The number of aromatic nitrogens is 3. The maximum atomic E-state index is 13.7. The maximum absolute atomic E-state index is 13.7. The number of alkyl halides is 1. The van der Waals surface area contributed by atoms with Crippen LogP contribution in [0, 0.1) is 5.92 Å². The molecule has 3 amide bonds. The molecule has 1 unspecified atom stereocenters. The number of carbonyl (C=O) groups is 3. The molecule has 3 rings (SSSR count). The third-order valence-corrected chi connectivity index (χ3v) is 10.7. The quantitative estimate of drug-likeness (QED) is 0.0954. The fourth-order valence-corrected chi connectivity index (χ4v) is 7.57. The van der Waals surface area contributed by atoms with Gasteiger partial charge >= 0.3 is 0 Å². The van der Waals surface area contributed by atoms with Crippen LogP contribution >= 0.6 is 0 Å². The Balaban J connectivity index is 1.30. The van der Waals surface area contributed by atoms with Gasteiger partial charge in [0, 0.05) is 12.7 Å². The Morgan fingerprint density at radius 1 is 1.04 bits per heavy atom. The van der Waals surface area contributed by atoms with Gasteiger partial charge in [-0.1, -0.05) is 44.0 Å². The molecule has 2 aromatic rings. The molecule has 0 fully saturated rings. The van der Waals surface area contributed by atoms with Gasteiger partial charge in [-0.2, -0.15) is 9.42 Å². The van der Waals surface area contributed by atoms with Gasteiger partial charge in [-0.25, -0.2) is 13.1 Å². The van der Waals surface area contributed by atoms with Crippen molar-refractivity contribution in [3.63, 3.8) is 0 Å². The van der Waals surface area contributed by atoms with Gasteiger partial charge in [0.1, 0.15) is 24.4 Å². The molecule has 57 heavy (non-hydrogen) atoms. The summed E-state index contributed by atoms with van der Waals surface area (Å²) in [5, 5.41) is 23.4. The minimum atomic E-state index is -4.15. The maximum Gasteiger partial charge on any atom is 0.244 e. The highest BCUT2D eigenvalue weighted by Crippen LogP contribution is 2.26. The lowest BCUT2D eigenvalue weighted by Gasteiger charge is -2.30. The summed E-state index contributed by atoms with van der Waals surface area (Å²) in [5.41, 5.74) is 5.99. The van der Waals surface area contributed by atoms with E-state index in [0.29, 0.717) is 70.2 Å². The van der Waals surface area contributed by atoms with Crippen molar-refractivity contribution in [3.05, 3.63) is 36.2 Å². The Kier molecular flexibility index (Phi) is 20.8. The second kappa shape index (κ2) is 25.1. The predicted octanol–water partition coefficient (Wildman–Crippen LogP) is 1.63. The van der Waals surface area contributed by atoms with E-state index < -0.39 is 40.6 Å². The minimum absolute atomic E-state index is 0.0186. The summed E-state index contributed by atoms with van der Waals surface area (Å²) in [6, 6.07) is 3.94. The first kappa shape index (κ1) is 47.1. The number of sulfonamides is 1. The van der Waals surface area contributed by atoms with Crippen molar-refractivity contribution in [2.45, 2.75) is 89.0 Å². The Morgan fingerprint density at radius 3 is 2.35 bits per heavy atom. The Labute approximate surface area is 334 Å². The van der Waals surface area contributed by atoms with Gasteiger partial charge in [0.05, 0.1) is 89.7 Å². The van der Waals surface area contributed by atoms with Gasteiger partial charge in [-0.15, -0.1) is 5.10 Å². The number of carbonyl (C=O) groups excluding carboxylic acids is 3. The summed E-state index contributed by atoms with van der Waals surface area (Å²) in [4.78, 5) is 37.8. The normalized spacial score (nSPS) is 15.3. The molecule has 0 saturated carbocycles. The van der Waals surface area contributed by atoms with Crippen molar-refractivity contribution < 1.29 is 46.1 Å². The molecular weight excluding hydrogens is 768 g/mol. The average molecular weight is 827 g/mol. The second-order valence-electron chi connectivity index (χ2n) is 13.7. The number of primary amides is 1. The van der Waals surface area contributed by atoms with Crippen LogP contribution < -0.4 is 21.1 Å². The number of benzene rings is 1. The first-order valence-corrected chi connectivity index (χ1v) is 20.7. The van der Waals surface area contributed by atoms with E-state index in [4.69, 9.17) is 24.7 Å². The highest BCUT2D eigenvalue weighted by atomic mass is 32.2. The molecule has 0 saturated heterocycles. The number of amides is 3. The van der Waals surface area contributed by atoms with Crippen LogP contribution in [-0.4, -0.2) is 142 Å². The van der Waals surface area contributed by atoms with Crippen LogP contribution in [0.1, 0.15) is 58.6 Å². The zero-order valence-electron chi connectivity index (χ0n) is 33.4. The van der Waals surface area contributed by atoms with Gasteiger partial charge in [-0.3, -0.25) is 23.8 Å². The van der Waals surface area contributed by atoms with Crippen molar-refractivity contribution in [2.75, 3.05) is 73.1 Å². The standard InChI is InChI=1S/C36H59FN10O9S/c1-5-6-9-32(40-33(48)26-46-23-28(41-44-46)8-7-14-37)36(50)39-15-17-54-19-21-56-22-20-55-18-16-45-24-29(42-43-45)25-47(34(27(2)3)35(38)49)57(51,52)31-12-10-30(53-4)11-13-31/h10-13,24,27-28,32,34H,5-9,14-23,25-26H2,1-4H3,(H2,38,49)(H,39,50)(H,40,48)/t28?,32-,34-/m1/s1. The van der Waals surface area contributed by atoms with Crippen LogP contribution in [0.4, 0.5) is 4.39 Å². The van der Waals surface area contributed by atoms with Crippen LogP contribution in [0.3, 0.4) is 0 Å². The molecule has 1 aliphatic rings. The average Bonchev–Trinajstić information content (AvgIpc) is 3.84. The number of unbranched alkanes of at least 4 members (excludes halogenated alkanes) is 1. The van der Waals surface area contributed by atoms with E-state index in [2.05, 4.69) is 31.3 Å². The fourth-order valence-electron chi connectivity index (χ4n) is 5.87. The Morgan fingerprint density at radius 2 is 1.72 bits per heavy atom. The number of methoxy groups -OCH3 is 1. The number of hydrogen-bond donors (Lipinski definition) is 3. The van der Waals surface area contributed by atoms with Crippen LogP contribution in [0.25, 0.3) is 0 Å². The molecule has 1 aromatic heterocycles. The van der Waals surface area contributed by atoms with Crippen molar-refractivity contribution in [1.29, 1.82) is 0 Å². The molecule has 1 aromatic carbocycles. The van der Waals surface area contributed by atoms with Crippen LogP contribution in [0.15, 0.2) is 45.7 Å². The van der Waals surface area contributed by atoms with Gasteiger partial charge in [0.2, 0.25) is 27.7 Å². The molecule has 2 heterocycles. The third kappa shape index (κ3) is 16.2. The van der Waals surface area contributed by atoms with Crippen LogP contribution in [0.2, 0.25) is 0 Å². The SMILES string of the molecule is CCCC[C@@H](NC(=O)CN1CC(CCCF)N=N1)C(=O)NCCOCCOCCOCCn1cc(CN([C@@H](C(N)=O)C(C)C)S(=O)(=O)c2ccc(OC)cc2)nn1. The predicted molar refractivity (Wildman–Crippen MR) is 206 cm³/mol. The summed E-state index contributed by atoms with van der Waals surface area (Å²) in [6.45, 7) is 7.65. The molecule has 0 spiro atoms. The summed E-state index contributed by atoms with van der Waals surface area (Å²) in [7, 11) is -2.68. The summed E-state index contributed by atoms with van der Waals surface area (Å²) in [6.07, 6.45) is 4.71. The summed E-state index contributed by atoms with van der Waals surface area (Å²) in [5.74, 6) is -1.32. The van der Waals surface area contributed by atoms with Crippen molar-refractivity contribution in [3.8, 4) is 5.75 Å². The lowest BCUT2D eigenvalue weighted by molar-refractivity contribution is -0.129. The third-order valence-electron chi connectivity index (χ3n) is 8.82. The van der Waals surface area contributed by atoms with Crippen LogP contribution in [0.5, 0.6) is 5.75 Å². The largest absolute Gasteiger partial charge is 0.497 e. The van der Waals surface area contributed by atoms with E-state index in [-0.39, 0.29) is 55.6 Å². The number of ether oxygens (including phenoxy) is 4. The number of rotatable bonds is 30. The molecule has 21 heteroatoms. The number of nitrogens with one attached hydrogen (secondary N) is 2.